The normalized spacial score (nSPS) is 11.6. The molecule has 18 heavy (non-hydrogen) atoms. The summed E-state index contributed by atoms with van der Waals surface area (Å²) in [6.45, 7) is 0. The molecular formula is C10H7BrF3N3S. The number of rotatable bonds is 2. The fourth-order valence-corrected chi connectivity index (χ4v) is 2.27. The number of hydrogen-bond acceptors (Lipinski definition) is 4. The van der Waals surface area contributed by atoms with Crippen molar-refractivity contribution < 1.29 is 13.2 Å². The average molecular weight is 338 g/mol. The van der Waals surface area contributed by atoms with Crippen LogP contribution in [0.1, 0.15) is 5.56 Å². The number of benzene rings is 1. The number of hydrogen-bond donors (Lipinski definition) is 1. The van der Waals surface area contributed by atoms with Gasteiger partial charge in [0.2, 0.25) is 5.13 Å². The highest BCUT2D eigenvalue weighted by Crippen LogP contribution is 2.38. The molecule has 1 heterocycles. The molecule has 0 saturated heterocycles. The standard InChI is InChI=1S/C10H7BrF3N3S/c1-15-9-16-8(17-18-9)6-3-2-5(11)4-7(6)10(12,13)14/h2-4H,1H3,(H,15,16,17). The van der Waals surface area contributed by atoms with E-state index in [2.05, 4.69) is 30.6 Å². The van der Waals surface area contributed by atoms with Crippen LogP contribution in [0.4, 0.5) is 18.3 Å². The van der Waals surface area contributed by atoms with Crippen molar-refractivity contribution in [2.24, 2.45) is 0 Å². The molecule has 1 N–H and O–H groups in total. The fraction of sp³-hybridized carbons (Fsp3) is 0.200. The van der Waals surface area contributed by atoms with Gasteiger partial charge in [-0.15, -0.1) is 0 Å². The Balaban J connectivity index is 2.56. The lowest BCUT2D eigenvalue weighted by molar-refractivity contribution is -0.137. The monoisotopic (exact) mass is 337 g/mol. The van der Waals surface area contributed by atoms with Gasteiger partial charge < -0.3 is 5.32 Å². The predicted octanol–water partition coefficient (Wildman–Crippen LogP) is 4.03. The molecule has 0 radical (unpaired) electrons. The molecule has 0 saturated carbocycles. The predicted molar refractivity (Wildman–Crippen MR) is 67.6 cm³/mol. The van der Waals surface area contributed by atoms with Crippen molar-refractivity contribution in [3.63, 3.8) is 0 Å². The van der Waals surface area contributed by atoms with Crippen molar-refractivity contribution in [1.29, 1.82) is 0 Å². The Hall–Kier alpha value is -1.15. The summed E-state index contributed by atoms with van der Waals surface area (Å²) in [5.41, 5.74) is -0.777. The van der Waals surface area contributed by atoms with Gasteiger partial charge in [0.25, 0.3) is 0 Å². The second-order valence-corrected chi connectivity index (χ2v) is 5.03. The molecule has 3 nitrogen and oxygen atoms in total. The van der Waals surface area contributed by atoms with Crippen LogP contribution in [0.2, 0.25) is 0 Å². The first-order chi connectivity index (χ1) is 8.41. The van der Waals surface area contributed by atoms with Crippen molar-refractivity contribution in [1.82, 2.24) is 9.36 Å². The second-order valence-electron chi connectivity index (χ2n) is 3.36. The van der Waals surface area contributed by atoms with Crippen LogP contribution in [-0.2, 0) is 6.18 Å². The minimum absolute atomic E-state index is 0.0246. The van der Waals surface area contributed by atoms with E-state index in [1.807, 2.05) is 0 Å². The third kappa shape index (κ3) is 2.64. The number of nitrogens with one attached hydrogen (secondary N) is 1. The minimum atomic E-state index is -4.44. The molecule has 0 bridgehead atoms. The summed E-state index contributed by atoms with van der Waals surface area (Å²) >= 11 is 4.05. The highest BCUT2D eigenvalue weighted by molar-refractivity contribution is 9.10. The number of halogens is 4. The zero-order valence-electron chi connectivity index (χ0n) is 9.05. The number of alkyl halides is 3. The van der Waals surface area contributed by atoms with E-state index in [0.717, 1.165) is 17.6 Å². The number of aromatic nitrogens is 2. The van der Waals surface area contributed by atoms with E-state index in [9.17, 15) is 13.2 Å². The van der Waals surface area contributed by atoms with Gasteiger partial charge in [-0.1, -0.05) is 15.9 Å². The van der Waals surface area contributed by atoms with Crippen LogP contribution in [0.3, 0.4) is 0 Å². The molecule has 0 unspecified atom stereocenters. The van der Waals surface area contributed by atoms with Crippen LogP contribution in [0.5, 0.6) is 0 Å². The van der Waals surface area contributed by atoms with Gasteiger partial charge in [-0.05, 0) is 18.2 Å². The van der Waals surface area contributed by atoms with Crippen molar-refractivity contribution in [3.05, 3.63) is 28.2 Å². The van der Waals surface area contributed by atoms with E-state index < -0.39 is 11.7 Å². The molecule has 0 aliphatic carbocycles. The minimum Gasteiger partial charge on any atom is -0.363 e. The van der Waals surface area contributed by atoms with E-state index in [0.29, 0.717) is 9.60 Å². The first kappa shape index (κ1) is 13.3. The SMILES string of the molecule is CNc1nc(-c2ccc(Br)cc2C(F)(F)F)ns1. The quantitative estimate of drug-likeness (QED) is 0.899. The zero-order chi connectivity index (χ0) is 13.3. The molecule has 1 aromatic carbocycles. The third-order valence-electron chi connectivity index (χ3n) is 2.17. The van der Waals surface area contributed by atoms with E-state index >= 15 is 0 Å². The van der Waals surface area contributed by atoms with Crippen molar-refractivity contribution in [3.8, 4) is 11.4 Å². The summed E-state index contributed by atoms with van der Waals surface area (Å²) in [5.74, 6) is 0.0733. The summed E-state index contributed by atoms with van der Waals surface area (Å²) < 4.78 is 43.0. The largest absolute Gasteiger partial charge is 0.417 e. The summed E-state index contributed by atoms with van der Waals surface area (Å²) in [6, 6.07) is 3.91. The Morgan fingerprint density at radius 1 is 1.33 bits per heavy atom. The van der Waals surface area contributed by atoms with Crippen LogP contribution in [0.15, 0.2) is 22.7 Å². The van der Waals surface area contributed by atoms with Crippen LogP contribution in [0.25, 0.3) is 11.4 Å². The topological polar surface area (TPSA) is 37.8 Å². The Morgan fingerprint density at radius 3 is 2.61 bits per heavy atom. The molecule has 2 rings (SSSR count). The van der Waals surface area contributed by atoms with Gasteiger partial charge in [0.1, 0.15) is 0 Å². The lowest BCUT2D eigenvalue weighted by Gasteiger charge is -2.11. The molecule has 0 aliphatic rings. The molecular weight excluding hydrogens is 331 g/mol. The molecule has 0 spiro atoms. The third-order valence-corrected chi connectivity index (χ3v) is 3.39. The molecule has 0 atom stereocenters. The molecule has 2 aromatic rings. The summed E-state index contributed by atoms with van der Waals surface area (Å²) in [5, 5.41) is 3.21. The van der Waals surface area contributed by atoms with Crippen LogP contribution < -0.4 is 5.32 Å². The fourth-order valence-electron chi connectivity index (χ4n) is 1.38. The van der Waals surface area contributed by atoms with Crippen molar-refractivity contribution in [2.75, 3.05) is 12.4 Å². The summed E-state index contributed by atoms with van der Waals surface area (Å²) in [7, 11) is 1.64. The van der Waals surface area contributed by atoms with Gasteiger partial charge in [0.05, 0.1) is 5.56 Å². The molecule has 0 amide bonds. The van der Waals surface area contributed by atoms with Crippen LogP contribution in [0, 0.1) is 0 Å². The average Bonchev–Trinajstić information content (AvgIpc) is 2.76. The Bertz CT molecular complexity index is 568. The lowest BCUT2D eigenvalue weighted by Crippen LogP contribution is -2.07. The Kier molecular flexibility index (Phi) is 3.58. The maximum atomic E-state index is 12.9. The first-order valence-electron chi connectivity index (χ1n) is 4.80. The van der Waals surface area contributed by atoms with Gasteiger partial charge in [0, 0.05) is 28.6 Å². The smallest absolute Gasteiger partial charge is 0.363 e. The lowest BCUT2D eigenvalue weighted by atomic mass is 10.1. The van der Waals surface area contributed by atoms with E-state index in [-0.39, 0.29) is 11.4 Å². The highest BCUT2D eigenvalue weighted by Gasteiger charge is 2.34. The summed E-state index contributed by atoms with van der Waals surface area (Å²) in [6.07, 6.45) is -4.44. The van der Waals surface area contributed by atoms with Crippen molar-refractivity contribution in [2.45, 2.75) is 6.18 Å². The van der Waals surface area contributed by atoms with Gasteiger partial charge in [-0.2, -0.15) is 22.5 Å². The van der Waals surface area contributed by atoms with Gasteiger partial charge in [-0.3, -0.25) is 0 Å². The maximum Gasteiger partial charge on any atom is 0.417 e. The molecule has 0 fully saturated rings. The highest BCUT2D eigenvalue weighted by atomic mass is 79.9. The van der Waals surface area contributed by atoms with Crippen LogP contribution in [-0.4, -0.2) is 16.4 Å². The maximum absolute atomic E-state index is 12.9. The zero-order valence-corrected chi connectivity index (χ0v) is 11.4. The van der Waals surface area contributed by atoms with Gasteiger partial charge in [0.15, 0.2) is 5.82 Å². The molecule has 8 heteroatoms. The van der Waals surface area contributed by atoms with E-state index in [4.69, 9.17) is 0 Å². The molecule has 1 aromatic heterocycles. The van der Waals surface area contributed by atoms with E-state index in [1.54, 1.807) is 7.05 Å². The van der Waals surface area contributed by atoms with E-state index in [1.165, 1.54) is 12.1 Å². The Morgan fingerprint density at radius 2 is 2.06 bits per heavy atom. The number of anilines is 1. The first-order valence-corrected chi connectivity index (χ1v) is 6.37. The van der Waals surface area contributed by atoms with Gasteiger partial charge >= 0.3 is 6.18 Å². The van der Waals surface area contributed by atoms with Gasteiger partial charge in [-0.25, -0.2) is 0 Å². The molecule has 96 valence electrons. The number of nitrogens with zero attached hydrogens (tertiary/aromatic N) is 2. The second kappa shape index (κ2) is 4.85. The van der Waals surface area contributed by atoms with Crippen molar-refractivity contribution >= 4 is 32.6 Å². The Labute approximate surface area is 113 Å². The molecule has 0 aliphatic heterocycles. The van der Waals surface area contributed by atoms with Crippen LogP contribution >= 0.6 is 27.5 Å². The summed E-state index contributed by atoms with van der Waals surface area (Å²) in [4.78, 5) is 3.98.